The maximum Gasteiger partial charge on any atom is 0.160 e. The van der Waals surface area contributed by atoms with Crippen LogP contribution in [0.15, 0.2) is 30.4 Å². The molecule has 0 atom stereocenters. The summed E-state index contributed by atoms with van der Waals surface area (Å²) in [7, 11) is 1.54. The van der Waals surface area contributed by atoms with Crippen LogP contribution in [-0.2, 0) is 11.2 Å². The first-order valence-corrected chi connectivity index (χ1v) is 7.22. The smallest absolute Gasteiger partial charge is 0.160 e. The van der Waals surface area contributed by atoms with Crippen LogP contribution in [0.5, 0.6) is 11.5 Å². The maximum absolute atomic E-state index is 11.4. The Kier molecular flexibility index (Phi) is 7.48. The summed E-state index contributed by atoms with van der Waals surface area (Å²) in [6, 6.07) is 5.46. The lowest BCUT2D eigenvalue weighted by atomic mass is 10.1. The van der Waals surface area contributed by atoms with Crippen LogP contribution in [0, 0.1) is 0 Å². The first kappa shape index (κ1) is 16.3. The average Bonchev–Trinajstić information content (AvgIpc) is 2.45. The SMILES string of the molecule is CCCCC(=O)C=CCCCc1ccc(OC)c(O)c1. The summed E-state index contributed by atoms with van der Waals surface area (Å²) >= 11 is 0. The first-order chi connectivity index (χ1) is 9.67. The standard InChI is InChI=1S/C17H24O3/c1-3-4-9-15(18)10-7-5-6-8-14-11-12-17(20-2)16(19)13-14/h7,10-13,19H,3-6,8-9H2,1-2H3. The summed E-state index contributed by atoms with van der Waals surface area (Å²) in [5.41, 5.74) is 1.08. The summed E-state index contributed by atoms with van der Waals surface area (Å²) in [5.74, 6) is 0.888. The molecule has 3 heteroatoms. The second kappa shape index (κ2) is 9.18. The molecule has 0 heterocycles. The van der Waals surface area contributed by atoms with Gasteiger partial charge in [0.15, 0.2) is 17.3 Å². The van der Waals surface area contributed by atoms with Crippen LogP contribution >= 0.6 is 0 Å². The van der Waals surface area contributed by atoms with E-state index in [1.165, 1.54) is 7.11 Å². The number of aromatic hydroxyl groups is 1. The van der Waals surface area contributed by atoms with Crippen molar-refractivity contribution in [2.45, 2.75) is 45.4 Å². The molecule has 0 aliphatic carbocycles. The molecule has 0 amide bonds. The van der Waals surface area contributed by atoms with Gasteiger partial charge in [0.1, 0.15) is 0 Å². The molecule has 0 saturated heterocycles. The number of unbranched alkanes of at least 4 members (excludes halogenated alkanes) is 2. The quantitative estimate of drug-likeness (QED) is 0.547. The highest BCUT2D eigenvalue weighted by Gasteiger charge is 2.02. The van der Waals surface area contributed by atoms with E-state index in [9.17, 15) is 9.90 Å². The summed E-state index contributed by atoms with van der Waals surface area (Å²) < 4.78 is 5.00. The number of carbonyl (C=O) groups excluding carboxylic acids is 1. The lowest BCUT2D eigenvalue weighted by Gasteiger charge is -2.05. The molecule has 0 unspecified atom stereocenters. The highest BCUT2D eigenvalue weighted by atomic mass is 16.5. The molecule has 20 heavy (non-hydrogen) atoms. The molecule has 0 radical (unpaired) electrons. The highest BCUT2D eigenvalue weighted by molar-refractivity contribution is 5.89. The average molecular weight is 276 g/mol. The molecule has 110 valence electrons. The Bertz CT molecular complexity index is 450. The molecule has 0 saturated carbocycles. The summed E-state index contributed by atoms with van der Waals surface area (Å²) in [5, 5.41) is 9.67. The third-order valence-corrected chi connectivity index (χ3v) is 3.16. The van der Waals surface area contributed by atoms with Crippen molar-refractivity contribution in [1.29, 1.82) is 0 Å². The number of ether oxygens (including phenoxy) is 1. The van der Waals surface area contributed by atoms with E-state index in [1.807, 2.05) is 12.1 Å². The predicted molar refractivity (Wildman–Crippen MR) is 81.3 cm³/mol. The minimum atomic E-state index is 0.176. The number of methoxy groups -OCH3 is 1. The monoisotopic (exact) mass is 276 g/mol. The Hall–Kier alpha value is -1.77. The van der Waals surface area contributed by atoms with Crippen LogP contribution in [0.25, 0.3) is 0 Å². The number of phenolic OH excluding ortho intramolecular Hbond substituents is 1. The van der Waals surface area contributed by atoms with Gasteiger partial charge in [-0.25, -0.2) is 0 Å². The number of hydrogen-bond acceptors (Lipinski definition) is 3. The van der Waals surface area contributed by atoms with Gasteiger partial charge in [-0.15, -0.1) is 0 Å². The number of benzene rings is 1. The van der Waals surface area contributed by atoms with E-state index in [4.69, 9.17) is 4.74 Å². The minimum absolute atomic E-state index is 0.176. The molecular formula is C17H24O3. The molecule has 0 aliphatic rings. The van der Waals surface area contributed by atoms with E-state index in [0.29, 0.717) is 12.2 Å². The fourth-order valence-electron chi connectivity index (χ4n) is 1.96. The third kappa shape index (κ3) is 5.91. The predicted octanol–water partition coefficient (Wildman–Crippen LogP) is 4.04. The summed E-state index contributed by atoms with van der Waals surface area (Å²) in [4.78, 5) is 11.4. The van der Waals surface area contributed by atoms with Crippen molar-refractivity contribution in [1.82, 2.24) is 0 Å². The molecule has 0 aromatic heterocycles. The second-order valence-electron chi connectivity index (χ2n) is 4.87. The van der Waals surface area contributed by atoms with Gasteiger partial charge in [0.2, 0.25) is 0 Å². The van der Waals surface area contributed by atoms with E-state index in [-0.39, 0.29) is 11.5 Å². The Balaban J connectivity index is 2.29. The highest BCUT2D eigenvalue weighted by Crippen LogP contribution is 2.26. The van der Waals surface area contributed by atoms with Gasteiger partial charge in [-0.3, -0.25) is 4.79 Å². The molecule has 1 aromatic rings. The second-order valence-corrected chi connectivity index (χ2v) is 4.87. The molecular weight excluding hydrogens is 252 g/mol. The molecule has 0 aliphatic heterocycles. The van der Waals surface area contributed by atoms with Crippen molar-refractivity contribution in [3.05, 3.63) is 35.9 Å². The number of ketones is 1. The molecule has 0 bridgehead atoms. The fraction of sp³-hybridized carbons (Fsp3) is 0.471. The van der Waals surface area contributed by atoms with Gasteiger partial charge >= 0.3 is 0 Å². The molecule has 0 fully saturated rings. The largest absolute Gasteiger partial charge is 0.504 e. The van der Waals surface area contributed by atoms with Crippen LogP contribution < -0.4 is 4.74 Å². The van der Waals surface area contributed by atoms with Gasteiger partial charge in [0, 0.05) is 6.42 Å². The van der Waals surface area contributed by atoms with Gasteiger partial charge in [0.25, 0.3) is 0 Å². The van der Waals surface area contributed by atoms with Crippen LogP contribution in [0.4, 0.5) is 0 Å². The van der Waals surface area contributed by atoms with Gasteiger partial charge in [-0.1, -0.05) is 25.5 Å². The van der Waals surface area contributed by atoms with Crippen LogP contribution in [-0.4, -0.2) is 18.0 Å². The van der Waals surface area contributed by atoms with Crippen molar-refractivity contribution in [2.75, 3.05) is 7.11 Å². The lowest BCUT2D eigenvalue weighted by Crippen LogP contribution is -1.91. The zero-order valence-corrected chi connectivity index (χ0v) is 12.4. The summed E-state index contributed by atoms with van der Waals surface area (Å²) in [6.45, 7) is 2.08. The normalized spacial score (nSPS) is 10.9. The van der Waals surface area contributed by atoms with Crippen molar-refractivity contribution in [2.24, 2.45) is 0 Å². The zero-order valence-electron chi connectivity index (χ0n) is 12.4. The van der Waals surface area contributed by atoms with E-state index in [2.05, 4.69) is 6.92 Å². The Labute approximate surface area is 121 Å². The van der Waals surface area contributed by atoms with Crippen LogP contribution in [0.1, 0.15) is 44.6 Å². The van der Waals surface area contributed by atoms with E-state index < -0.39 is 0 Å². The van der Waals surface area contributed by atoms with Gasteiger partial charge in [-0.05, 0) is 49.5 Å². The molecule has 1 N–H and O–H groups in total. The molecule has 0 spiro atoms. The number of rotatable bonds is 9. The van der Waals surface area contributed by atoms with E-state index in [1.54, 1.807) is 18.2 Å². The van der Waals surface area contributed by atoms with Crippen molar-refractivity contribution in [3.8, 4) is 11.5 Å². The number of carbonyl (C=O) groups is 1. The van der Waals surface area contributed by atoms with Crippen molar-refractivity contribution in [3.63, 3.8) is 0 Å². The number of allylic oxidation sites excluding steroid dienone is 2. The van der Waals surface area contributed by atoms with Crippen LogP contribution in [0.2, 0.25) is 0 Å². The Morgan fingerprint density at radius 1 is 1.35 bits per heavy atom. The third-order valence-electron chi connectivity index (χ3n) is 3.16. The lowest BCUT2D eigenvalue weighted by molar-refractivity contribution is -0.114. The van der Waals surface area contributed by atoms with Crippen LogP contribution in [0.3, 0.4) is 0 Å². The Morgan fingerprint density at radius 3 is 2.80 bits per heavy atom. The Morgan fingerprint density at radius 2 is 2.15 bits per heavy atom. The maximum atomic E-state index is 11.4. The fourth-order valence-corrected chi connectivity index (χ4v) is 1.96. The topological polar surface area (TPSA) is 46.5 Å². The number of aryl methyl sites for hydroxylation is 1. The van der Waals surface area contributed by atoms with Gasteiger partial charge in [0.05, 0.1) is 7.11 Å². The van der Waals surface area contributed by atoms with E-state index in [0.717, 1.165) is 37.7 Å². The minimum Gasteiger partial charge on any atom is -0.504 e. The molecule has 1 aromatic carbocycles. The number of phenols is 1. The van der Waals surface area contributed by atoms with Crippen molar-refractivity contribution >= 4 is 5.78 Å². The van der Waals surface area contributed by atoms with Gasteiger partial charge < -0.3 is 9.84 Å². The van der Waals surface area contributed by atoms with Gasteiger partial charge in [-0.2, -0.15) is 0 Å². The summed E-state index contributed by atoms with van der Waals surface area (Å²) in [6.07, 6.45) is 9.04. The molecule has 1 rings (SSSR count). The number of hydrogen-bond donors (Lipinski definition) is 1. The molecule has 3 nitrogen and oxygen atoms in total. The zero-order chi connectivity index (χ0) is 14.8. The van der Waals surface area contributed by atoms with E-state index >= 15 is 0 Å². The van der Waals surface area contributed by atoms with Crippen molar-refractivity contribution < 1.29 is 14.6 Å². The first-order valence-electron chi connectivity index (χ1n) is 7.22.